The molecule has 0 aliphatic heterocycles. The van der Waals surface area contributed by atoms with Gasteiger partial charge in [-0.15, -0.1) is 0 Å². The van der Waals surface area contributed by atoms with Gasteiger partial charge in [0.05, 0.1) is 17.9 Å². The molecular formula is C20H18FN3O2. The van der Waals surface area contributed by atoms with Gasteiger partial charge in [0.25, 0.3) is 5.91 Å². The van der Waals surface area contributed by atoms with E-state index in [-0.39, 0.29) is 24.9 Å². The van der Waals surface area contributed by atoms with Crippen LogP contribution < -0.4 is 10.1 Å². The largest absolute Gasteiger partial charge is 0.484 e. The normalized spacial score (nSPS) is 10.4. The van der Waals surface area contributed by atoms with Gasteiger partial charge in [-0.3, -0.25) is 4.79 Å². The Balaban J connectivity index is 1.55. The SMILES string of the molecule is Cc1cccc(OCC(=O)NCc2cc(-c3ccc(F)cc3)ncn2)c1. The van der Waals surface area contributed by atoms with Crippen LogP contribution in [-0.2, 0) is 11.3 Å². The van der Waals surface area contributed by atoms with Crippen LogP contribution in [0.2, 0.25) is 0 Å². The number of aromatic nitrogens is 2. The Morgan fingerprint density at radius 3 is 2.69 bits per heavy atom. The lowest BCUT2D eigenvalue weighted by Crippen LogP contribution is -2.28. The van der Waals surface area contributed by atoms with Crippen LogP contribution in [0.5, 0.6) is 5.75 Å². The molecule has 2 aromatic carbocycles. The summed E-state index contributed by atoms with van der Waals surface area (Å²) in [5.74, 6) is 0.109. The fraction of sp³-hybridized carbons (Fsp3) is 0.150. The van der Waals surface area contributed by atoms with Gasteiger partial charge < -0.3 is 10.1 Å². The number of benzene rings is 2. The maximum absolute atomic E-state index is 13.0. The molecule has 1 N–H and O–H groups in total. The second-order valence-electron chi connectivity index (χ2n) is 5.78. The number of hydrogen-bond acceptors (Lipinski definition) is 4. The van der Waals surface area contributed by atoms with Gasteiger partial charge in [0.1, 0.15) is 17.9 Å². The zero-order valence-corrected chi connectivity index (χ0v) is 14.3. The molecule has 0 fully saturated rings. The van der Waals surface area contributed by atoms with Gasteiger partial charge >= 0.3 is 0 Å². The van der Waals surface area contributed by atoms with E-state index in [1.54, 1.807) is 24.3 Å². The van der Waals surface area contributed by atoms with Crippen LogP contribution >= 0.6 is 0 Å². The molecule has 0 unspecified atom stereocenters. The van der Waals surface area contributed by atoms with Crippen LogP contribution in [0.4, 0.5) is 4.39 Å². The number of carbonyl (C=O) groups excluding carboxylic acids is 1. The average molecular weight is 351 g/mol. The third-order valence-corrected chi connectivity index (χ3v) is 3.69. The van der Waals surface area contributed by atoms with E-state index in [0.29, 0.717) is 17.1 Å². The van der Waals surface area contributed by atoms with Crippen LogP contribution in [0.25, 0.3) is 11.3 Å². The minimum absolute atomic E-state index is 0.0701. The Hall–Kier alpha value is -3.28. The van der Waals surface area contributed by atoms with Crippen molar-refractivity contribution in [3.05, 3.63) is 78.0 Å². The smallest absolute Gasteiger partial charge is 0.258 e. The number of aryl methyl sites for hydroxylation is 1. The number of amides is 1. The third kappa shape index (κ3) is 4.86. The minimum Gasteiger partial charge on any atom is -0.484 e. The molecule has 0 bridgehead atoms. The van der Waals surface area contributed by atoms with Crippen molar-refractivity contribution in [1.29, 1.82) is 0 Å². The number of halogens is 1. The van der Waals surface area contributed by atoms with Gasteiger partial charge in [-0.05, 0) is 55.0 Å². The number of carbonyl (C=O) groups is 1. The molecule has 0 aliphatic carbocycles. The van der Waals surface area contributed by atoms with Crippen molar-refractivity contribution >= 4 is 5.91 Å². The molecular weight excluding hydrogens is 333 g/mol. The summed E-state index contributed by atoms with van der Waals surface area (Å²) in [4.78, 5) is 20.3. The maximum atomic E-state index is 13.0. The third-order valence-electron chi connectivity index (χ3n) is 3.69. The predicted octanol–water partition coefficient (Wildman–Crippen LogP) is 3.29. The van der Waals surface area contributed by atoms with Gasteiger partial charge in [-0.2, -0.15) is 0 Å². The lowest BCUT2D eigenvalue weighted by molar-refractivity contribution is -0.123. The van der Waals surface area contributed by atoms with Gasteiger partial charge in [0.2, 0.25) is 0 Å². The first-order chi connectivity index (χ1) is 12.6. The molecule has 5 nitrogen and oxygen atoms in total. The summed E-state index contributed by atoms with van der Waals surface area (Å²) in [5, 5.41) is 2.76. The van der Waals surface area contributed by atoms with Crippen molar-refractivity contribution < 1.29 is 13.9 Å². The molecule has 3 aromatic rings. The number of hydrogen-bond donors (Lipinski definition) is 1. The van der Waals surface area contributed by atoms with Crippen molar-refractivity contribution in [3.63, 3.8) is 0 Å². The van der Waals surface area contributed by atoms with E-state index < -0.39 is 0 Å². The van der Waals surface area contributed by atoms with Crippen molar-refractivity contribution in [2.24, 2.45) is 0 Å². The molecule has 3 rings (SSSR count). The monoisotopic (exact) mass is 351 g/mol. The zero-order valence-electron chi connectivity index (χ0n) is 14.3. The fourth-order valence-corrected chi connectivity index (χ4v) is 2.37. The standard InChI is InChI=1S/C20H18FN3O2/c1-14-3-2-4-18(9-14)26-12-20(25)22-11-17-10-19(24-13-23-17)15-5-7-16(21)8-6-15/h2-10,13H,11-12H2,1H3,(H,22,25). The van der Waals surface area contributed by atoms with Gasteiger partial charge in [-0.1, -0.05) is 12.1 Å². The summed E-state index contributed by atoms with van der Waals surface area (Å²) in [6.07, 6.45) is 1.42. The maximum Gasteiger partial charge on any atom is 0.258 e. The Morgan fingerprint density at radius 1 is 1.12 bits per heavy atom. The highest BCUT2D eigenvalue weighted by Gasteiger charge is 2.06. The highest BCUT2D eigenvalue weighted by molar-refractivity contribution is 5.77. The van der Waals surface area contributed by atoms with E-state index in [0.717, 1.165) is 11.1 Å². The lowest BCUT2D eigenvalue weighted by atomic mass is 10.1. The Labute approximate surface area is 150 Å². The van der Waals surface area contributed by atoms with E-state index in [2.05, 4.69) is 15.3 Å². The predicted molar refractivity (Wildman–Crippen MR) is 95.9 cm³/mol. The second-order valence-corrected chi connectivity index (χ2v) is 5.78. The summed E-state index contributed by atoms with van der Waals surface area (Å²) >= 11 is 0. The van der Waals surface area contributed by atoms with Gasteiger partial charge in [-0.25, -0.2) is 14.4 Å². The molecule has 0 saturated heterocycles. The van der Waals surface area contributed by atoms with Crippen LogP contribution in [0, 0.1) is 12.7 Å². The zero-order chi connectivity index (χ0) is 18.4. The molecule has 0 radical (unpaired) electrons. The number of rotatable bonds is 6. The van der Waals surface area contributed by atoms with Crippen molar-refractivity contribution in [3.8, 4) is 17.0 Å². The quantitative estimate of drug-likeness (QED) is 0.740. The molecule has 0 atom stereocenters. The number of ether oxygens (including phenoxy) is 1. The highest BCUT2D eigenvalue weighted by Crippen LogP contribution is 2.17. The molecule has 6 heteroatoms. The lowest BCUT2D eigenvalue weighted by Gasteiger charge is -2.08. The van der Waals surface area contributed by atoms with E-state index in [4.69, 9.17) is 4.74 Å². The second kappa shape index (κ2) is 8.20. The van der Waals surface area contributed by atoms with Crippen LogP contribution in [0.1, 0.15) is 11.3 Å². The van der Waals surface area contributed by atoms with Crippen molar-refractivity contribution in [1.82, 2.24) is 15.3 Å². The van der Waals surface area contributed by atoms with E-state index in [1.807, 2.05) is 25.1 Å². The summed E-state index contributed by atoms with van der Waals surface area (Å²) in [6.45, 7) is 2.15. The van der Waals surface area contributed by atoms with Crippen LogP contribution in [-0.4, -0.2) is 22.5 Å². The van der Waals surface area contributed by atoms with Crippen LogP contribution in [0.3, 0.4) is 0 Å². The Bertz CT molecular complexity index is 898. The van der Waals surface area contributed by atoms with Crippen molar-refractivity contribution in [2.75, 3.05) is 6.61 Å². The molecule has 26 heavy (non-hydrogen) atoms. The molecule has 132 valence electrons. The van der Waals surface area contributed by atoms with E-state index in [9.17, 15) is 9.18 Å². The summed E-state index contributed by atoms with van der Waals surface area (Å²) in [7, 11) is 0. The fourth-order valence-electron chi connectivity index (χ4n) is 2.37. The van der Waals surface area contributed by atoms with E-state index >= 15 is 0 Å². The number of nitrogens with zero attached hydrogens (tertiary/aromatic N) is 2. The first kappa shape index (κ1) is 17.5. The molecule has 1 heterocycles. The summed E-state index contributed by atoms with van der Waals surface area (Å²) < 4.78 is 18.5. The van der Waals surface area contributed by atoms with Gasteiger partial charge in [0, 0.05) is 5.56 Å². The van der Waals surface area contributed by atoms with Crippen molar-refractivity contribution in [2.45, 2.75) is 13.5 Å². The highest BCUT2D eigenvalue weighted by atomic mass is 19.1. The topological polar surface area (TPSA) is 64.1 Å². The molecule has 0 aliphatic rings. The Morgan fingerprint density at radius 2 is 1.92 bits per heavy atom. The van der Waals surface area contributed by atoms with E-state index in [1.165, 1.54) is 18.5 Å². The molecule has 1 amide bonds. The first-order valence-corrected chi connectivity index (χ1v) is 8.13. The summed E-state index contributed by atoms with van der Waals surface area (Å²) in [5.41, 5.74) is 3.17. The summed E-state index contributed by atoms with van der Waals surface area (Å²) in [6, 6.07) is 15.3. The molecule has 1 aromatic heterocycles. The van der Waals surface area contributed by atoms with Gasteiger partial charge in [0.15, 0.2) is 6.61 Å². The minimum atomic E-state index is -0.302. The molecule has 0 saturated carbocycles. The Kier molecular flexibility index (Phi) is 5.53. The first-order valence-electron chi connectivity index (χ1n) is 8.13. The average Bonchev–Trinajstić information content (AvgIpc) is 2.66. The number of nitrogens with one attached hydrogen (secondary N) is 1. The molecule has 0 spiro atoms. The van der Waals surface area contributed by atoms with Crippen LogP contribution in [0.15, 0.2) is 60.9 Å².